The van der Waals surface area contributed by atoms with Crippen LogP contribution in [0.5, 0.6) is 0 Å². The van der Waals surface area contributed by atoms with Gasteiger partial charge in [0.25, 0.3) is 0 Å². The predicted molar refractivity (Wildman–Crippen MR) is 76.7 cm³/mol. The number of hydrogen-bond acceptors (Lipinski definition) is 1. The van der Waals surface area contributed by atoms with Crippen LogP contribution in [-0.2, 0) is 0 Å². The molecule has 4 heteroatoms. The molecule has 0 saturated carbocycles. The summed E-state index contributed by atoms with van der Waals surface area (Å²) in [5.41, 5.74) is 1.08. The molecule has 86 valence electrons. The SMILES string of the molecule is O=C(c1ccc(F)cc1)c1cc(Br)cc(I)c1. The van der Waals surface area contributed by atoms with E-state index in [2.05, 4.69) is 38.5 Å². The van der Waals surface area contributed by atoms with Crippen molar-refractivity contribution in [1.29, 1.82) is 0 Å². The second-order valence-corrected chi connectivity index (χ2v) is 5.66. The molecule has 0 aliphatic rings. The van der Waals surface area contributed by atoms with Gasteiger partial charge in [-0.1, -0.05) is 15.9 Å². The van der Waals surface area contributed by atoms with E-state index in [1.54, 1.807) is 12.1 Å². The second kappa shape index (κ2) is 5.27. The van der Waals surface area contributed by atoms with E-state index < -0.39 is 0 Å². The molecule has 0 heterocycles. The summed E-state index contributed by atoms with van der Waals surface area (Å²) in [5, 5.41) is 0. The molecule has 2 aromatic rings. The van der Waals surface area contributed by atoms with Crippen LogP contribution in [-0.4, -0.2) is 5.78 Å². The van der Waals surface area contributed by atoms with Crippen molar-refractivity contribution in [3.05, 3.63) is 67.5 Å². The molecule has 0 amide bonds. The highest BCUT2D eigenvalue weighted by atomic mass is 127. The lowest BCUT2D eigenvalue weighted by atomic mass is 10.0. The number of halogens is 3. The van der Waals surface area contributed by atoms with Crippen LogP contribution in [0.4, 0.5) is 4.39 Å². The second-order valence-electron chi connectivity index (χ2n) is 3.49. The third-order valence-corrected chi connectivity index (χ3v) is 3.31. The normalized spacial score (nSPS) is 10.3. The van der Waals surface area contributed by atoms with Crippen LogP contribution < -0.4 is 0 Å². The zero-order valence-electron chi connectivity index (χ0n) is 8.58. The third-order valence-electron chi connectivity index (χ3n) is 2.23. The van der Waals surface area contributed by atoms with E-state index in [9.17, 15) is 9.18 Å². The van der Waals surface area contributed by atoms with Gasteiger partial charge in [-0.05, 0) is 65.1 Å². The Hall–Kier alpha value is -0.750. The molecule has 0 N–H and O–H groups in total. The molecule has 2 aromatic carbocycles. The van der Waals surface area contributed by atoms with E-state index in [1.807, 2.05) is 6.07 Å². The molecule has 0 aliphatic heterocycles. The maximum absolute atomic E-state index is 12.8. The summed E-state index contributed by atoms with van der Waals surface area (Å²) in [5.74, 6) is -0.449. The maximum Gasteiger partial charge on any atom is 0.193 e. The first-order valence-electron chi connectivity index (χ1n) is 4.82. The number of carbonyl (C=O) groups excluding carboxylic acids is 1. The zero-order valence-corrected chi connectivity index (χ0v) is 12.3. The Labute approximate surface area is 120 Å². The number of hydrogen-bond donors (Lipinski definition) is 0. The van der Waals surface area contributed by atoms with Gasteiger partial charge in [-0.15, -0.1) is 0 Å². The van der Waals surface area contributed by atoms with E-state index in [-0.39, 0.29) is 11.6 Å². The molecule has 1 nitrogen and oxygen atoms in total. The molecule has 2 rings (SSSR count). The Kier molecular flexibility index (Phi) is 3.93. The first-order valence-corrected chi connectivity index (χ1v) is 6.70. The van der Waals surface area contributed by atoms with Gasteiger partial charge in [-0.3, -0.25) is 4.79 Å². The third kappa shape index (κ3) is 3.13. The molecular weight excluding hydrogens is 398 g/mol. The van der Waals surface area contributed by atoms with Gasteiger partial charge in [0.05, 0.1) is 0 Å². The van der Waals surface area contributed by atoms with Crippen molar-refractivity contribution >= 4 is 44.3 Å². The molecule has 0 saturated heterocycles. The van der Waals surface area contributed by atoms with Crippen molar-refractivity contribution in [3.63, 3.8) is 0 Å². The molecule has 0 aromatic heterocycles. The van der Waals surface area contributed by atoms with Gasteiger partial charge < -0.3 is 0 Å². The van der Waals surface area contributed by atoms with Crippen LogP contribution in [0, 0.1) is 9.39 Å². The van der Waals surface area contributed by atoms with Gasteiger partial charge in [-0.2, -0.15) is 0 Å². The van der Waals surface area contributed by atoms with Crippen LogP contribution in [0.25, 0.3) is 0 Å². The summed E-state index contributed by atoms with van der Waals surface area (Å²) in [6, 6.07) is 11.0. The Balaban J connectivity index is 2.40. The fourth-order valence-corrected chi connectivity index (χ4v) is 3.05. The quantitative estimate of drug-likeness (QED) is 0.534. The average Bonchev–Trinajstić information content (AvgIpc) is 2.28. The minimum atomic E-state index is -0.342. The molecular formula is C13H7BrFIO. The zero-order chi connectivity index (χ0) is 12.4. The van der Waals surface area contributed by atoms with Crippen LogP contribution in [0.2, 0.25) is 0 Å². The van der Waals surface area contributed by atoms with Crippen molar-refractivity contribution < 1.29 is 9.18 Å². The molecule has 0 bridgehead atoms. The molecule has 0 radical (unpaired) electrons. The first kappa shape index (κ1) is 12.7. The van der Waals surface area contributed by atoms with Crippen molar-refractivity contribution in [2.24, 2.45) is 0 Å². The molecule has 0 fully saturated rings. The van der Waals surface area contributed by atoms with E-state index in [4.69, 9.17) is 0 Å². The van der Waals surface area contributed by atoms with Crippen molar-refractivity contribution in [2.45, 2.75) is 0 Å². The smallest absolute Gasteiger partial charge is 0.193 e. The summed E-state index contributed by atoms with van der Waals surface area (Å²) in [4.78, 5) is 12.1. The van der Waals surface area contributed by atoms with Crippen LogP contribution in [0.3, 0.4) is 0 Å². The highest BCUT2D eigenvalue weighted by Crippen LogP contribution is 2.20. The summed E-state index contributed by atoms with van der Waals surface area (Å²) in [6.45, 7) is 0. The van der Waals surface area contributed by atoms with Gasteiger partial charge in [0, 0.05) is 19.2 Å². The van der Waals surface area contributed by atoms with Gasteiger partial charge in [0.15, 0.2) is 5.78 Å². The topological polar surface area (TPSA) is 17.1 Å². The minimum Gasteiger partial charge on any atom is -0.289 e. The Bertz CT molecular complexity index is 546. The van der Waals surface area contributed by atoms with Gasteiger partial charge >= 0.3 is 0 Å². The Morgan fingerprint density at radius 3 is 2.29 bits per heavy atom. The van der Waals surface area contributed by atoms with E-state index in [0.29, 0.717) is 11.1 Å². The van der Waals surface area contributed by atoms with Crippen LogP contribution in [0.15, 0.2) is 46.9 Å². The largest absolute Gasteiger partial charge is 0.289 e. The minimum absolute atomic E-state index is 0.107. The number of rotatable bonds is 2. The van der Waals surface area contributed by atoms with Gasteiger partial charge in [0.1, 0.15) is 5.82 Å². The fourth-order valence-electron chi connectivity index (χ4n) is 1.45. The lowest BCUT2D eigenvalue weighted by Gasteiger charge is -2.03. The fraction of sp³-hybridized carbons (Fsp3) is 0. The van der Waals surface area contributed by atoms with Gasteiger partial charge in [0.2, 0.25) is 0 Å². The van der Waals surface area contributed by atoms with Crippen LogP contribution in [0.1, 0.15) is 15.9 Å². The van der Waals surface area contributed by atoms with Gasteiger partial charge in [-0.25, -0.2) is 4.39 Å². The van der Waals surface area contributed by atoms with Crippen LogP contribution >= 0.6 is 38.5 Å². The Morgan fingerprint density at radius 2 is 1.71 bits per heavy atom. The maximum atomic E-state index is 12.8. The van der Waals surface area contributed by atoms with E-state index >= 15 is 0 Å². The monoisotopic (exact) mass is 404 g/mol. The molecule has 0 spiro atoms. The summed E-state index contributed by atoms with van der Waals surface area (Å²) in [6.07, 6.45) is 0. The van der Waals surface area contributed by atoms with Crippen molar-refractivity contribution in [3.8, 4) is 0 Å². The Morgan fingerprint density at radius 1 is 1.06 bits per heavy atom. The highest BCUT2D eigenvalue weighted by Gasteiger charge is 2.10. The highest BCUT2D eigenvalue weighted by molar-refractivity contribution is 14.1. The molecule has 0 atom stereocenters. The molecule has 17 heavy (non-hydrogen) atoms. The summed E-state index contributed by atoms with van der Waals surface area (Å²) in [7, 11) is 0. The van der Waals surface area contributed by atoms with E-state index in [1.165, 1.54) is 24.3 Å². The standard InChI is InChI=1S/C13H7BrFIO/c14-10-5-9(6-12(16)7-10)13(17)8-1-3-11(15)4-2-8/h1-7H. The lowest BCUT2D eigenvalue weighted by Crippen LogP contribution is -2.01. The van der Waals surface area contributed by atoms with Crippen molar-refractivity contribution in [2.75, 3.05) is 0 Å². The van der Waals surface area contributed by atoms with E-state index in [0.717, 1.165) is 8.04 Å². The number of benzene rings is 2. The predicted octanol–water partition coefficient (Wildman–Crippen LogP) is 4.42. The summed E-state index contributed by atoms with van der Waals surface area (Å²) >= 11 is 5.50. The average molecular weight is 405 g/mol. The lowest BCUT2D eigenvalue weighted by molar-refractivity contribution is 0.103. The van der Waals surface area contributed by atoms with Crippen molar-refractivity contribution in [1.82, 2.24) is 0 Å². The number of carbonyl (C=O) groups is 1. The first-order chi connectivity index (χ1) is 8.06. The molecule has 0 aliphatic carbocycles. The number of ketones is 1. The molecule has 0 unspecified atom stereocenters. The summed E-state index contributed by atoms with van der Waals surface area (Å²) < 4.78 is 14.6.